The average Bonchev–Trinajstić information content (AvgIpc) is 3.09. The van der Waals surface area contributed by atoms with Gasteiger partial charge in [0.05, 0.1) is 11.5 Å². The Hall–Kier alpha value is -3.30. The van der Waals surface area contributed by atoms with Crippen LogP contribution in [0.2, 0.25) is 0 Å². The molecule has 0 fully saturated rings. The standard InChI is InChI=1S/C16H18N4O6/c1-8(20(23)24)12(9-4-5-10-11(6-9)26-7-25-10)13-14(17)18(2)16(22)19(3)15(13)21/h4-6,8,12H,7,17H2,1-3H3/t8-,12-/m0/s1. The van der Waals surface area contributed by atoms with Crippen molar-refractivity contribution < 1.29 is 14.4 Å². The van der Waals surface area contributed by atoms with E-state index in [1.807, 2.05) is 0 Å². The van der Waals surface area contributed by atoms with Crippen LogP contribution in [0.25, 0.3) is 0 Å². The number of nitrogens with zero attached hydrogens (tertiary/aromatic N) is 3. The Balaban J connectivity index is 2.29. The van der Waals surface area contributed by atoms with Crippen molar-refractivity contribution in [2.75, 3.05) is 12.5 Å². The molecular formula is C16H18N4O6. The molecule has 10 nitrogen and oxygen atoms in total. The van der Waals surface area contributed by atoms with E-state index in [1.54, 1.807) is 18.2 Å². The van der Waals surface area contributed by atoms with Gasteiger partial charge in [0.2, 0.25) is 12.8 Å². The first kappa shape index (κ1) is 17.5. The number of benzene rings is 1. The number of fused-ring (bicyclic) bond motifs is 1. The fraction of sp³-hybridized carbons (Fsp3) is 0.375. The lowest BCUT2D eigenvalue weighted by atomic mass is 9.86. The van der Waals surface area contributed by atoms with E-state index >= 15 is 0 Å². The molecule has 0 radical (unpaired) electrons. The first-order valence-electron chi connectivity index (χ1n) is 7.82. The predicted octanol–water partition coefficient (Wildman–Crippen LogP) is 0.192. The summed E-state index contributed by atoms with van der Waals surface area (Å²) in [6.07, 6.45) is 0. The summed E-state index contributed by atoms with van der Waals surface area (Å²) >= 11 is 0. The van der Waals surface area contributed by atoms with E-state index in [0.717, 1.165) is 9.13 Å². The zero-order valence-electron chi connectivity index (χ0n) is 14.5. The minimum absolute atomic E-state index is 0.00216. The maximum Gasteiger partial charge on any atom is 0.332 e. The van der Waals surface area contributed by atoms with Crippen LogP contribution in [0.4, 0.5) is 5.82 Å². The summed E-state index contributed by atoms with van der Waals surface area (Å²) < 4.78 is 12.6. The number of ether oxygens (including phenoxy) is 2. The van der Waals surface area contributed by atoms with Gasteiger partial charge in [-0.15, -0.1) is 0 Å². The van der Waals surface area contributed by atoms with Gasteiger partial charge in [0.15, 0.2) is 11.5 Å². The maximum atomic E-state index is 12.7. The summed E-state index contributed by atoms with van der Waals surface area (Å²) in [7, 11) is 2.72. The summed E-state index contributed by atoms with van der Waals surface area (Å²) in [6, 6.07) is 3.68. The van der Waals surface area contributed by atoms with Crippen molar-refractivity contribution in [3.63, 3.8) is 0 Å². The normalized spacial score (nSPS) is 14.9. The molecule has 0 unspecified atom stereocenters. The maximum absolute atomic E-state index is 12.7. The van der Waals surface area contributed by atoms with E-state index in [0.29, 0.717) is 17.1 Å². The van der Waals surface area contributed by atoms with Crippen LogP contribution in [0.5, 0.6) is 11.5 Å². The van der Waals surface area contributed by atoms with Crippen LogP contribution in [0.3, 0.4) is 0 Å². The SMILES string of the molecule is C[C@@H]([C@@H](c1ccc2c(c1)OCO2)c1c(N)n(C)c(=O)n(C)c1=O)[N+](=O)[O-]. The third kappa shape index (κ3) is 2.59. The van der Waals surface area contributed by atoms with Gasteiger partial charge in [0.25, 0.3) is 5.56 Å². The molecule has 1 aliphatic heterocycles. The molecule has 138 valence electrons. The van der Waals surface area contributed by atoms with E-state index in [1.165, 1.54) is 21.0 Å². The van der Waals surface area contributed by atoms with Gasteiger partial charge in [0.1, 0.15) is 5.82 Å². The van der Waals surface area contributed by atoms with Gasteiger partial charge in [-0.05, 0) is 17.7 Å². The number of hydrogen-bond acceptors (Lipinski definition) is 7. The summed E-state index contributed by atoms with van der Waals surface area (Å²) in [5.74, 6) is -0.120. The molecular weight excluding hydrogens is 344 g/mol. The number of nitrogens with two attached hydrogens (primary N) is 1. The Morgan fingerprint density at radius 3 is 2.50 bits per heavy atom. The quantitative estimate of drug-likeness (QED) is 0.606. The largest absolute Gasteiger partial charge is 0.454 e. The molecule has 0 amide bonds. The van der Waals surface area contributed by atoms with Gasteiger partial charge in [0, 0.05) is 25.9 Å². The van der Waals surface area contributed by atoms with Crippen LogP contribution in [0.15, 0.2) is 27.8 Å². The second kappa shape index (κ2) is 6.21. The van der Waals surface area contributed by atoms with E-state index in [-0.39, 0.29) is 18.2 Å². The van der Waals surface area contributed by atoms with Crippen molar-refractivity contribution in [1.29, 1.82) is 0 Å². The number of anilines is 1. The zero-order chi connectivity index (χ0) is 19.2. The van der Waals surface area contributed by atoms with Crippen LogP contribution in [-0.4, -0.2) is 26.9 Å². The molecule has 2 aromatic rings. The number of aromatic nitrogens is 2. The molecule has 0 aliphatic carbocycles. The molecule has 0 saturated carbocycles. The highest BCUT2D eigenvalue weighted by Gasteiger charge is 2.36. The zero-order valence-corrected chi connectivity index (χ0v) is 14.5. The highest BCUT2D eigenvalue weighted by atomic mass is 16.7. The fourth-order valence-corrected chi connectivity index (χ4v) is 3.09. The van der Waals surface area contributed by atoms with Crippen LogP contribution >= 0.6 is 0 Å². The number of hydrogen-bond donors (Lipinski definition) is 1. The predicted molar refractivity (Wildman–Crippen MR) is 92.2 cm³/mol. The Labute approximate surface area is 147 Å². The summed E-state index contributed by atoms with van der Waals surface area (Å²) in [5, 5.41) is 11.5. The molecule has 2 N–H and O–H groups in total. The molecule has 3 rings (SSSR count). The first-order valence-corrected chi connectivity index (χ1v) is 7.82. The van der Waals surface area contributed by atoms with Gasteiger partial charge >= 0.3 is 5.69 Å². The van der Waals surface area contributed by atoms with Crippen molar-refractivity contribution in [2.45, 2.75) is 18.9 Å². The summed E-state index contributed by atoms with van der Waals surface area (Å²) in [4.78, 5) is 35.8. The minimum Gasteiger partial charge on any atom is -0.454 e. The van der Waals surface area contributed by atoms with Crippen LogP contribution in [-0.2, 0) is 14.1 Å². The van der Waals surface area contributed by atoms with Gasteiger partial charge in [-0.2, -0.15) is 0 Å². The van der Waals surface area contributed by atoms with Crippen LogP contribution < -0.4 is 26.5 Å². The highest BCUT2D eigenvalue weighted by molar-refractivity contribution is 5.51. The molecule has 1 aromatic carbocycles. The van der Waals surface area contributed by atoms with E-state index < -0.39 is 28.1 Å². The lowest BCUT2D eigenvalue weighted by Gasteiger charge is -2.22. The number of rotatable bonds is 4. The monoisotopic (exact) mass is 362 g/mol. The molecule has 1 aliphatic rings. The molecule has 0 saturated heterocycles. The first-order chi connectivity index (χ1) is 12.2. The van der Waals surface area contributed by atoms with Gasteiger partial charge < -0.3 is 15.2 Å². The smallest absolute Gasteiger partial charge is 0.332 e. The molecule has 2 atom stereocenters. The second-order valence-electron chi connectivity index (χ2n) is 6.12. The molecule has 0 bridgehead atoms. The van der Waals surface area contributed by atoms with E-state index in [2.05, 4.69) is 0 Å². The molecule has 1 aromatic heterocycles. The van der Waals surface area contributed by atoms with Crippen molar-refractivity contribution in [3.8, 4) is 11.5 Å². The second-order valence-corrected chi connectivity index (χ2v) is 6.12. The molecule has 10 heteroatoms. The third-order valence-electron chi connectivity index (χ3n) is 4.63. The van der Waals surface area contributed by atoms with E-state index in [4.69, 9.17) is 15.2 Å². The lowest BCUT2D eigenvalue weighted by Crippen LogP contribution is -2.43. The Bertz CT molecular complexity index is 1010. The lowest BCUT2D eigenvalue weighted by molar-refractivity contribution is -0.520. The topological polar surface area (TPSA) is 132 Å². The van der Waals surface area contributed by atoms with Gasteiger partial charge in [-0.3, -0.25) is 24.0 Å². The van der Waals surface area contributed by atoms with Crippen LogP contribution in [0, 0.1) is 10.1 Å². The Kier molecular flexibility index (Phi) is 4.18. The highest BCUT2D eigenvalue weighted by Crippen LogP contribution is 2.38. The fourth-order valence-electron chi connectivity index (χ4n) is 3.09. The average molecular weight is 362 g/mol. The molecule has 26 heavy (non-hydrogen) atoms. The number of nitro groups is 1. The van der Waals surface area contributed by atoms with Crippen LogP contribution in [0.1, 0.15) is 24.0 Å². The van der Waals surface area contributed by atoms with Crippen molar-refractivity contribution in [1.82, 2.24) is 9.13 Å². The van der Waals surface area contributed by atoms with Crippen molar-refractivity contribution >= 4 is 5.82 Å². The molecule has 0 spiro atoms. The van der Waals surface area contributed by atoms with Gasteiger partial charge in [-0.25, -0.2) is 4.79 Å². The van der Waals surface area contributed by atoms with Crippen molar-refractivity contribution in [3.05, 3.63) is 60.3 Å². The third-order valence-corrected chi connectivity index (χ3v) is 4.63. The number of nitrogen functional groups attached to an aromatic ring is 1. The molecule has 2 heterocycles. The van der Waals surface area contributed by atoms with Crippen molar-refractivity contribution in [2.24, 2.45) is 14.1 Å². The summed E-state index contributed by atoms with van der Waals surface area (Å²) in [6.45, 7) is 1.44. The summed E-state index contributed by atoms with van der Waals surface area (Å²) in [5.41, 5.74) is 5.22. The minimum atomic E-state index is -1.16. The Morgan fingerprint density at radius 2 is 1.85 bits per heavy atom. The Morgan fingerprint density at radius 1 is 1.19 bits per heavy atom. The van der Waals surface area contributed by atoms with E-state index in [9.17, 15) is 19.7 Å². The van der Waals surface area contributed by atoms with Gasteiger partial charge in [-0.1, -0.05) is 6.07 Å².